The third kappa shape index (κ3) is 4.27. The lowest BCUT2D eigenvalue weighted by Gasteiger charge is -2.10. The maximum atomic E-state index is 5.73. The Hall–Kier alpha value is -3.14. The van der Waals surface area contributed by atoms with E-state index < -0.39 is 0 Å². The third-order valence-corrected chi connectivity index (χ3v) is 6.76. The lowest BCUT2D eigenvalue weighted by Crippen LogP contribution is -2.04. The van der Waals surface area contributed by atoms with E-state index in [9.17, 15) is 0 Å². The van der Waals surface area contributed by atoms with Crippen LogP contribution in [-0.4, -0.2) is 24.5 Å². The number of anilines is 2. The van der Waals surface area contributed by atoms with Crippen LogP contribution in [0.25, 0.3) is 22.6 Å². The highest BCUT2D eigenvalue weighted by molar-refractivity contribution is 9.10. The Labute approximate surface area is 204 Å². The molecule has 33 heavy (non-hydrogen) atoms. The molecule has 0 fully saturated rings. The van der Waals surface area contributed by atoms with Gasteiger partial charge in [-0.3, -0.25) is 10.1 Å². The average molecular weight is 520 g/mol. The number of fused-ring (bicyclic) bond motifs is 1. The third-order valence-electron chi connectivity index (χ3n) is 5.63. The molecule has 0 aliphatic heterocycles. The lowest BCUT2D eigenvalue weighted by molar-refractivity contribution is 0.749. The predicted molar refractivity (Wildman–Crippen MR) is 138 cm³/mol. The Bertz CT molecular complexity index is 1440. The molecule has 0 aliphatic carbocycles. The standard InChI is InChI=1S/C24H22BrN7S/c1-14-10-19(15(2)32(14)13-16-6-8-27-9-7-16)23-30-22-21(20(25)12-28-24(22)31-23)29-17-4-3-5-18(11-17)33-26/h3-12H,13,26H2,1-2H3,(H2,28,29,30,31). The molecular formula is C24H22BrN7S. The number of hydrogen-bond donors (Lipinski definition) is 3. The van der Waals surface area contributed by atoms with Gasteiger partial charge in [0, 0.05) is 52.7 Å². The van der Waals surface area contributed by atoms with E-state index in [0.29, 0.717) is 5.65 Å². The zero-order valence-corrected chi connectivity index (χ0v) is 20.5. The van der Waals surface area contributed by atoms with Gasteiger partial charge in [0.25, 0.3) is 0 Å². The van der Waals surface area contributed by atoms with Gasteiger partial charge in [-0.2, -0.15) is 0 Å². The molecule has 5 aromatic rings. The minimum absolute atomic E-state index is 0.652. The second-order valence-corrected chi connectivity index (χ2v) is 9.32. The van der Waals surface area contributed by atoms with Crippen molar-refractivity contribution in [3.8, 4) is 11.4 Å². The number of nitrogens with zero attached hydrogens (tertiary/aromatic N) is 4. The number of imidazole rings is 1. The fourth-order valence-corrected chi connectivity index (χ4v) is 4.68. The number of hydrogen-bond acceptors (Lipinski definition) is 6. The van der Waals surface area contributed by atoms with Crippen molar-refractivity contribution in [1.29, 1.82) is 0 Å². The molecule has 0 bridgehead atoms. The van der Waals surface area contributed by atoms with Gasteiger partial charge < -0.3 is 14.9 Å². The molecule has 7 nitrogen and oxygen atoms in total. The van der Waals surface area contributed by atoms with Crippen LogP contribution < -0.4 is 10.5 Å². The summed E-state index contributed by atoms with van der Waals surface area (Å²) in [6, 6.07) is 14.2. The van der Waals surface area contributed by atoms with Gasteiger partial charge in [0.15, 0.2) is 5.65 Å². The van der Waals surface area contributed by atoms with Gasteiger partial charge in [0.2, 0.25) is 0 Å². The maximum absolute atomic E-state index is 5.73. The van der Waals surface area contributed by atoms with Crippen LogP contribution in [0.1, 0.15) is 17.0 Å². The topological polar surface area (TPSA) is 97.4 Å². The first-order chi connectivity index (χ1) is 16.0. The van der Waals surface area contributed by atoms with Gasteiger partial charge in [-0.25, -0.2) is 9.97 Å². The first-order valence-corrected chi connectivity index (χ1v) is 12.0. The minimum Gasteiger partial charge on any atom is -0.353 e. The van der Waals surface area contributed by atoms with Crippen molar-refractivity contribution in [2.24, 2.45) is 5.14 Å². The Balaban J connectivity index is 1.54. The largest absolute Gasteiger partial charge is 0.353 e. The summed E-state index contributed by atoms with van der Waals surface area (Å²) in [5.74, 6) is 0.791. The van der Waals surface area contributed by atoms with Crippen molar-refractivity contribution in [3.05, 3.63) is 82.5 Å². The normalized spacial score (nSPS) is 11.3. The van der Waals surface area contributed by atoms with Crippen LogP contribution in [0, 0.1) is 13.8 Å². The summed E-state index contributed by atoms with van der Waals surface area (Å²) < 4.78 is 3.13. The quantitative estimate of drug-likeness (QED) is 0.239. The van der Waals surface area contributed by atoms with E-state index in [4.69, 9.17) is 10.1 Å². The molecule has 0 amide bonds. The Kier molecular flexibility index (Phi) is 5.92. The highest BCUT2D eigenvalue weighted by Crippen LogP contribution is 2.35. The van der Waals surface area contributed by atoms with Crippen molar-refractivity contribution in [2.75, 3.05) is 5.32 Å². The highest BCUT2D eigenvalue weighted by Gasteiger charge is 2.18. The number of nitrogens with one attached hydrogen (secondary N) is 2. The number of halogens is 1. The van der Waals surface area contributed by atoms with Crippen molar-refractivity contribution in [1.82, 2.24) is 24.5 Å². The number of aromatic amines is 1. The van der Waals surface area contributed by atoms with Crippen molar-refractivity contribution in [2.45, 2.75) is 25.3 Å². The first kappa shape index (κ1) is 21.7. The van der Waals surface area contributed by atoms with Crippen molar-refractivity contribution < 1.29 is 0 Å². The van der Waals surface area contributed by atoms with Gasteiger partial charge in [-0.1, -0.05) is 6.07 Å². The Morgan fingerprint density at radius 3 is 2.76 bits per heavy atom. The lowest BCUT2D eigenvalue weighted by atomic mass is 10.2. The fraction of sp³-hybridized carbons (Fsp3) is 0.125. The molecule has 0 unspecified atom stereocenters. The number of benzene rings is 1. The first-order valence-electron chi connectivity index (χ1n) is 10.4. The molecule has 0 saturated carbocycles. The predicted octanol–water partition coefficient (Wildman–Crippen LogP) is 5.96. The van der Waals surface area contributed by atoms with E-state index in [2.05, 4.69) is 60.7 Å². The Morgan fingerprint density at radius 2 is 1.97 bits per heavy atom. The second-order valence-electron chi connectivity index (χ2n) is 7.76. The van der Waals surface area contributed by atoms with Crippen molar-refractivity contribution >= 4 is 50.4 Å². The van der Waals surface area contributed by atoms with Crippen LogP contribution in [0.15, 0.2) is 70.4 Å². The maximum Gasteiger partial charge on any atom is 0.180 e. The van der Waals surface area contributed by atoms with Crippen LogP contribution in [0.4, 0.5) is 11.4 Å². The second kappa shape index (κ2) is 9.01. The van der Waals surface area contributed by atoms with E-state index in [1.165, 1.54) is 23.2 Å². The zero-order valence-electron chi connectivity index (χ0n) is 18.1. The van der Waals surface area contributed by atoms with Crippen LogP contribution in [-0.2, 0) is 6.54 Å². The minimum atomic E-state index is 0.652. The summed E-state index contributed by atoms with van der Waals surface area (Å²) >= 11 is 4.85. The smallest absolute Gasteiger partial charge is 0.180 e. The molecule has 5 rings (SSSR count). The monoisotopic (exact) mass is 519 g/mol. The number of aryl methyl sites for hydroxylation is 1. The van der Waals surface area contributed by atoms with E-state index in [1.807, 2.05) is 48.8 Å². The van der Waals surface area contributed by atoms with E-state index >= 15 is 0 Å². The number of aromatic nitrogens is 5. The van der Waals surface area contributed by atoms with E-state index in [-0.39, 0.29) is 0 Å². The highest BCUT2D eigenvalue weighted by atomic mass is 79.9. The fourth-order valence-electron chi connectivity index (χ4n) is 3.93. The van der Waals surface area contributed by atoms with Crippen LogP contribution in [0.5, 0.6) is 0 Å². The van der Waals surface area contributed by atoms with Gasteiger partial charge >= 0.3 is 0 Å². The number of rotatable bonds is 6. The summed E-state index contributed by atoms with van der Waals surface area (Å²) in [7, 11) is 0. The van der Waals surface area contributed by atoms with Gasteiger partial charge in [-0.05, 0) is 83.7 Å². The van der Waals surface area contributed by atoms with Gasteiger partial charge in [0.05, 0.1) is 10.2 Å². The summed E-state index contributed by atoms with van der Waals surface area (Å²) in [6.45, 7) is 5.02. The zero-order chi connectivity index (χ0) is 22.9. The molecular weight excluding hydrogens is 498 g/mol. The molecule has 0 spiro atoms. The van der Waals surface area contributed by atoms with Crippen LogP contribution in [0.3, 0.4) is 0 Å². The molecule has 0 saturated heterocycles. The number of pyridine rings is 2. The van der Waals surface area contributed by atoms with Crippen LogP contribution in [0.2, 0.25) is 0 Å². The molecule has 0 radical (unpaired) electrons. The molecule has 9 heteroatoms. The molecule has 4 heterocycles. The van der Waals surface area contributed by atoms with E-state index in [0.717, 1.165) is 49.9 Å². The SMILES string of the molecule is Cc1cc(-c2nc3ncc(Br)c(Nc4cccc(SN)c4)c3[nH]2)c(C)n1Cc1ccncc1. The van der Waals surface area contributed by atoms with Gasteiger partial charge in [-0.15, -0.1) is 0 Å². The number of H-pyrrole nitrogens is 1. The Morgan fingerprint density at radius 1 is 1.15 bits per heavy atom. The summed E-state index contributed by atoms with van der Waals surface area (Å²) in [6.07, 6.45) is 5.41. The average Bonchev–Trinajstić information content (AvgIpc) is 3.38. The molecule has 166 valence electrons. The summed E-state index contributed by atoms with van der Waals surface area (Å²) in [4.78, 5) is 17.9. The summed E-state index contributed by atoms with van der Waals surface area (Å²) in [5.41, 5.74) is 7.88. The molecule has 4 aromatic heterocycles. The molecule has 0 aliphatic rings. The summed E-state index contributed by atoms with van der Waals surface area (Å²) in [5, 5.41) is 9.21. The van der Waals surface area contributed by atoms with E-state index in [1.54, 1.807) is 6.20 Å². The van der Waals surface area contributed by atoms with Crippen molar-refractivity contribution in [3.63, 3.8) is 0 Å². The van der Waals surface area contributed by atoms with Crippen LogP contribution >= 0.6 is 27.9 Å². The molecule has 0 atom stereocenters. The number of nitrogens with two attached hydrogens (primary N) is 1. The molecule has 1 aromatic carbocycles. The van der Waals surface area contributed by atoms with Gasteiger partial charge in [0.1, 0.15) is 11.3 Å². The molecule has 4 N–H and O–H groups in total.